The zero-order valence-electron chi connectivity index (χ0n) is 14.7. The van der Waals surface area contributed by atoms with Crippen LogP contribution in [0.25, 0.3) is 0 Å². The van der Waals surface area contributed by atoms with Crippen molar-refractivity contribution in [3.63, 3.8) is 0 Å². The molecule has 2 aromatic carbocycles. The van der Waals surface area contributed by atoms with Crippen LogP contribution < -0.4 is 10.4 Å². The fourth-order valence-corrected chi connectivity index (χ4v) is 3.22. The number of nitrogens with zero attached hydrogens (tertiary/aromatic N) is 3. The van der Waals surface area contributed by atoms with Gasteiger partial charge in [-0.25, -0.2) is 9.97 Å². The number of carbonyl (C=O) groups excluding carboxylic acids is 1. The summed E-state index contributed by atoms with van der Waals surface area (Å²) >= 11 is 1.33. The number of aryl methyl sites for hydroxylation is 2. The largest absolute Gasteiger partial charge is 0.272 e. The number of thioether (sulfide) groups is 1. The Morgan fingerprint density at radius 1 is 0.923 bits per heavy atom. The molecule has 0 unspecified atom stereocenters. The van der Waals surface area contributed by atoms with Gasteiger partial charge in [0.05, 0.1) is 17.1 Å². The molecule has 0 aliphatic carbocycles. The first-order valence-corrected chi connectivity index (χ1v) is 9.25. The van der Waals surface area contributed by atoms with Crippen molar-refractivity contribution in [3.05, 3.63) is 78.1 Å². The maximum atomic E-state index is 12.5. The summed E-state index contributed by atoms with van der Waals surface area (Å²) in [5.41, 5.74) is 6.54. The predicted molar refractivity (Wildman–Crippen MR) is 105 cm³/mol. The highest BCUT2D eigenvalue weighted by atomic mass is 32.2. The number of nitrogens with one attached hydrogen (secondary N) is 1. The van der Waals surface area contributed by atoms with Gasteiger partial charge in [-0.2, -0.15) is 0 Å². The van der Waals surface area contributed by atoms with E-state index in [0.717, 1.165) is 22.8 Å². The lowest BCUT2D eigenvalue weighted by molar-refractivity contribution is -0.118. The van der Waals surface area contributed by atoms with Crippen LogP contribution in [0.3, 0.4) is 0 Å². The molecule has 5 nitrogen and oxygen atoms in total. The normalized spacial score (nSPS) is 10.4. The van der Waals surface area contributed by atoms with E-state index in [2.05, 4.69) is 15.4 Å². The van der Waals surface area contributed by atoms with Crippen LogP contribution in [0.15, 0.2) is 71.9 Å². The Bertz CT molecular complexity index is 812. The summed E-state index contributed by atoms with van der Waals surface area (Å²) in [6.45, 7) is 3.84. The molecular formula is C20H20N4OS. The van der Waals surface area contributed by atoms with E-state index >= 15 is 0 Å². The standard InChI is InChI=1S/C20H20N4OS/c1-15-13-16(2)22-20(21-15)26-14-19(25)23-24(17-9-5-3-6-10-17)18-11-7-4-8-12-18/h3-13H,14H2,1-2H3,(H,23,25). The zero-order valence-corrected chi connectivity index (χ0v) is 15.5. The minimum Gasteiger partial charge on any atom is -0.272 e. The van der Waals surface area contributed by atoms with Crippen LogP contribution in [0.4, 0.5) is 11.4 Å². The molecular weight excluding hydrogens is 344 g/mol. The van der Waals surface area contributed by atoms with E-state index in [1.807, 2.05) is 80.6 Å². The van der Waals surface area contributed by atoms with E-state index < -0.39 is 0 Å². The summed E-state index contributed by atoms with van der Waals surface area (Å²) in [5, 5.41) is 2.40. The van der Waals surface area contributed by atoms with Crippen molar-refractivity contribution < 1.29 is 4.79 Å². The molecule has 1 aromatic heterocycles. The van der Waals surface area contributed by atoms with E-state index in [9.17, 15) is 4.79 Å². The van der Waals surface area contributed by atoms with Crippen LogP contribution in [0.5, 0.6) is 0 Å². The summed E-state index contributed by atoms with van der Waals surface area (Å²) in [5.74, 6) is 0.115. The van der Waals surface area contributed by atoms with Gasteiger partial charge in [0.1, 0.15) is 0 Å². The number of amides is 1. The van der Waals surface area contributed by atoms with Gasteiger partial charge in [-0.05, 0) is 44.2 Å². The molecule has 1 N–H and O–H groups in total. The first-order valence-electron chi connectivity index (χ1n) is 8.26. The monoisotopic (exact) mass is 364 g/mol. The molecule has 6 heteroatoms. The van der Waals surface area contributed by atoms with Crippen LogP contribution in [0.1, 0.15) is 11.4 Å². The van der Waals surface area contributed by atoms with Gasteiger partial charge in [0, 0.05) is 11.4 Å². The summed E-state index contributed by atoms with van der Waals surface area (Å²) in [7, 11) is 0. The van der Waals surface area contributed by atoms with Gasteiger partial charge in [0.15, 0.2) is 5.16 Å². The number of aromatic nitrogens is 2. The lowest BCUT2D eigenvalue weighted by Gasteiger charge is -2.25. The highest BCUT2D eigenvalue weighted by Crippen LogP contribution is 2.23. The van der Waals surface area contributed by atoms with E-state index in [-0.39, 0.29) is 11.7 Å². The maximum absolute atomic E-state index is 12.5. The van der Waals surface area contributed by atoms with Crippen LogP contribution in [-0.2, 0) is 4.79 Å². The number of anilines is 2. The molecule has 0 fully saturated rings. The molecule has 26 heavy (non-hydrogen) atoms. The number of rotatable bonds is 6. The maximum Gasteiger partial charge on any atom is 0.249 e. The Kier molecular flexibility index (Phi) is 5.86. The zero-order chi connectivity index (χ0) is 18.4. The molecule has 0 saturated carbocycles. The molecule has 0 saturated heterocycles. The topological polar surface area (TPSA) is 58.1 Å². The number of hydrogen-bond acceptors (Lipinski definition) is 5. The summed E-state index contributed by atoms with van der Waals surface area (Å²) < 4.78 is 0. The fourth-order valence-electron chi connectivity index (χ4n) is 2.48. The average molecular weight is 364 g/mol. The summed E-state index contributed by atoms with van der Waals surface area (Å²) in [4.78, 5) is 21.2. The van der Waals surface area contributed by atoms with Crippen molar-refractivity contribution in [2.75, 3.05) is 10.8 Å². The lowest BCUT2D eigenvalue weighted by Crippen LogP contribution is -2.40. The molecule has 0 bridgehead atoms. The van der Waals surface area contributed by atoms with Gasteiger partial charge >= 0.3 is 0 Å². The second kappa shape index (κ2) is 8.49. The molecule has 3 aromatic rings. The van der Waals surface area contributed by atoms with Gasteiger partial charge in [0.2, 0.25) is 5.91 Å². The summed E-state index contributed by atoms with van der Waals surface area (Å²) in [6, 6.07) is 21.4. The Balaban J connectivity index is 1.71. The van der Waals surface area contributed by atoms with Gasteiger partial charge in [-0.1, -0.05) is 48.2 Å². The molecule has 0 spiro atoms. The van der Waals surface area contributed by atoms with E-state index in [4.69, 9.17) is 0 Å². The average Bonchev–Trinajstić information content (AvgIpc) is 2.65. The first-order chi connectivity index (χ1) is 12.6. The van der Waals surface area contributed by atoms with Crippen molar-refractivity contribution in [1.82, 2.24) is 15.4 Å². The van der Waals surface area contributed by atoms with Crippen molar-refractivity contribution in [2.45, 2.75) is 19.0 Å². The quantitative estimate of drug-likeness (QED) is 0.406. The van der Waals surface area contributed by atoms with Crippen LogP contribution in [-0.4, -0.2) is 21.6 Å². The highest BCUT2D eigenvalue weighted by molar-refractivity contribution is 7.99. The Morgan fingerprint density at radius 2 is 1.42 bits per heavy atom. The molecule has 3 rings (SSSR count). The Morgan fingerprint density at radius 3 is 1.92 bits per heavy atom. The van der Waals surface area contributed by atoms with Crippen molar-refractivity contribution in [2.24, 2.45) is 0 Å². The number of carbonyl (C=O) groups is 1. The number of benzene rings is 2. The number of hydrogen-bond donors (Lipinski definition) is 1. The van der Waals surface area contributed by atoms with E-state index in [1.54, 1.807) is 5.01 Å². The third-order valence-electron chi connectivity index (χ3n) is 3.56. The second-order valence-electron chi connectivity index (χ2n) is 5.76. The second-order valence-corrected chi connectivity index (χ2v) is 6.71. The third-order valence-corrected chi connectivity index (χ3v) is 4.41. The molecule has 0 atom stereocenters. The predicted octanol–water partition coefficient (Wildman–Crippen LogP) is 4.06. The van der Waals surface area contributed by atoms with Crippen molar-refractivity contribution in [3.8, 4) is 0 Å². The minimum atomic E-state index is -0.120. The fraction of sp³-hybridized carbons (Fsp3) is 0.150. The van der Waals surface area contributed by atoms with E-state index in [1.165, 1.54) is 11.8 Å². The molecule has 0 aliphatic heterocycles. The third kappa shape index (κ3) is 4.83. The Labute approximate surface area is 157 Å². The SMILES string of the molecule is Cc1cc(C)nc(SCC(=O)NN(c2ccccc2)c2ccccc2)n1. The molecule has 1 heterocycles. The van der Waals surface area contributed by atoms with Gasteiger partial charge in [0.25, 0.3) is 0 Å². The van der Waals surface area contributed by atoms with Gasteiger partial charge in [-0.15, -0.1) is 0 Å². The van der Waals surface area contributed by atoms with E-state index in [0.29, 0.717) is 5.16 Å². The summed E-state index contributed by atoms with van der Waals surface area (Å²) in [6.07, 6.45) is 0. The molecule has 0 radical (unpaired) electrons. The smallest absolute Gasteiger partial charge is 0.249 e. The first kappa shape index (κ1) is 17.9. The van der Waals surface area contributed by atoms with Gasteiger partial charge < -0.3 is 0 Å². The molecule has 1 amide bonds. The molecule has 132 valence electrons. The van der Waals surface area contributed by atoms with Crippen LogP contribution in [0, 0.1) is 13.8 Å². The van der Waals surface area contributed by atoms with Crippen LogP contribution in [0.2, 0.25) is 0 Å². The molecule has 0 aliphatic rings. The van der Waals surface area contributed by atoms with Crippen molar-refractivity contribution in [1.29, 1.82) is 0 Å². The lowest BCUT2D eigenvalue weighted by atomic mass is 10.2. The van der Waals surface area contributed by atoms with Crippen LogP contribution >= 0.6 is 11.8 Å². The Hall–Kier alpha value is -2.86. The van der Waals surface area contributed by atoms with Crippen molar-refractivity contribution >= 4 is 29.0 Å². The van der Waals surface area contributed by atoms with Gasteiger partial charge in [-0.3, -0.25) is 15.2 Å². The number of para-hydroxylation sites is 2. The minimum absolute atomic E-state index is 0.120. The number of hydrazine groups is 1. The highest BCUT2D eigenvalue weighted by Gasteiger charge is 2.13.